The minimum atomic E-state index is -1.10. The Balaban J connectivity index is 1.35. The summed E-state index contributed by atoms with van der Waals surface area (Å²) in [6.45, 7) is 10.1. The second-order valence-corrected chi connectivity index (χ2v) is 13.4. The van der Waals surface area contributed by atoms with E-state index >= 15 is 0 Å². The molecule has 2 unspecified atom stereocenters. The summed E-state index contributed by atoms with van der Waals surface area (Å²) in [5.41, 5.74) is 1.74. The molecule has 16 nitrogen and oxygen atoms in total. The molecule has 2 N–H and O–H groups in total. The van der Waals surface area contributed by atoms with E-state index in [1.165, 1.54) is 36.4 Å². The Morgan fingerprint density at radius 3 is 1.14 bits per heavy atom. The number of rotatable bonds is 18. The summed E-state index contributed by atoms with van der Waals surface area (Å²) in [7, 11) is 0. The Labute approximate surface area is 330 Å². The molecular formula is C41H48N4O12. The van der Waals surface area contributed by atoms with Crippen LogP contribution in [-0.2, 0) is 38.1 Å². The number of nitro benzene ring substituents is 2. The molecule has 2 heterocycles. The summed E-state index contributed by atoms with van der Waals surface area (Å²) < 4.78 is 21.8. The number of nitrogens with zero attached hydrogens (tertiary/aromatic N) is 2. The average Bonchev–Trinajstić information content (AvgIpc) is 3.16. The molecule has 0 amide bonds. The molecule has 0 aromatic heterocycles. The maximum Gasteiger partial charge on any atom is 0.336 e. The van der Waals surface area contributed by atoms with Crippen LogP contribution in [0.1, 0.15) is 96.6 Å². The van der Waals surface area contributed by atoms with Gasteiger partial charge in [-0.25, -0.2) is 19.2 Å². The first-order chi connectivity index (χ1) is 27.2. The van der Waals surface area contributed by atoms with Gasteiger partial charge in [0.2, 0.25) is 0 Å². The number of nitro groups is 2. The van der Waals surface area contributed by atoms with Crippen molar-refractivity contribution in [3.8, 4) is 0 Å². The van der Waals surface area contributed by atoms with Crippen molar-refractivity contribution >= 4 is 35.3 Å². The fraction of sp³-hybridized carbons (Fsp3) is 0.415. The third kappa shape index (κ3) is 10.1. The third-order valence-corrected chi connectivity index (χ3v) is 9.60. The summed E-state index contributed by atoms with van der Waals surface area (Å²) in [6, 6.07) is 11.9. The maximum absolute atomic E-state index is 13.6. The zero-order valence-corrected chi connectivity index (χ0v) is 32.9. The van der Waals surface area contributed by atoms with Gasteiger partial charge in [0.15, 0.2) is 0 Å². The summed E-state index contributed by atoms with van der Waals surface area (Å²) in [5, 5.41) is 30.0. The molecule has 304 valence electrons. The number of benzene rings is 2. The minimum absolute atomic E-state index is 0.0504. The fourth-order valence-electron chi connectivity index (χ4n) is 7.13. The maximum atomic E-state index is 13.6. The highest BCUT2D eigenvalue weighted by atomic mass is 16.6. The number of esters is 4. The van der Waals surface area contributed by atoms with Crippen LogP contribution in [-0.4, -0.2) is 60.2 Å². The molecule has 2 aromatic carbocycles. The molecule has 0 fully saturated rings. The van der Waals surface area contributed by atoms with Gasteiger partial charge in [0.05, 0.1) is 70.4 Å². The minimum Gasteiger partial charge on any atom is -0.463 e. The number of carbonyl (C=O) groups is 4. The lowest BCUT2D eigenvalue weighted by molar-refractivity contribution is -0.385. The van der Waals surface area contributed by atoms with E-state index in [4.69, 9.17) is 18.9 Å². The van der Waals surface area contributed by atoms with Crippen molar-refractivity contribution in [3.63, 3.8) is 0 Å². The number of hydrogen-bond donors (Lipinski definition) is 2. The van der Waals surface area contributed by atoms with E-state index in [9.17, 15) is 39.4 Å². The smallest absolute Gasteiger partial charge is 0.336 e. The first kappa shape index (κ1) is 43.4. The molecule has 0 aliphatic carbocycles. The molecule has 2 aromatic rings. The normalized spacial score (nSPS) is 16.7. The van der Waals surface area contributed by atoms with Gasteiger partial charge >= 0.3 is 23.9 Å². The Morgan fingerprint density at radius 2 is 0.825 bits per heavy atom. The number of carbonyl (C=O) groups excluding carboxylic acids is 4. The van der Waals surface area contributed by atoms with Crippen molar-refractivity contribution in [2.24, 2.45) is 0 Å². The molecule has 4 rings (SSSR count). The molecular weight excluding hydrogens is 740 g/mol. The highest BCUT2D eigenvalue weighted by Gasteiger charge is 2.42. The highest BCUT2D eigenvalue weighted by Crippen LogP contribution is 2.44. The molecule has 2 aliphatic heterocycles. The molecule has 0 saturated heterocycles. The van der Waals surface area contributed by atoms with E-state index in [-0.39, 0.29) is 71.2 Å². The van der Waals surface area contributed by atoms with Crippen LogP contribution in [0.15, 0.2) is 93.6 Å². The van der Waals surface area contributed by atoms with Crippen molar-refractivity contribution in [1.29, 1.82) is 0 Å². The first-order valence-electron chi connectivity index (χ1n) is 18.8. The predicted octanol–water partition coefficient (Wildman–Crippen LogP) is 6.84. The molecule has 2 atom stereocenters. The molecule has 0 saturated carbocycles. The molecule has 57 heavy (non-hydrogen) atoms. The van der Waals surface area contributed by atoms with Crippen molar-refractivity contribution in [3.05, 3.63) is 125 Å². The van der Waals surface area contributed by atoms with Gasteiger partial charge in [-0.1, -0.05) is 55.7 Å². The van der Waals surface area contributed by atoms with Gasteiger partial charge in [0, 0.05) is 46.0 Å². The molecule has 0 bridgehead atoms. The number of allylic oxidation sites excluding steroid dienone is 4. The number of nitrogens with one attached hydrogen (secondary N) is 2. The highest BCUT2D eigenvalue weighted by molar-refractivity contribution is 6.01. The van der Waals surface area contributed by atoms with E-state index in [1.807, 2.05) is 0 Å². The standard InChI is InChI=1S/C41H48N4O12/c1-7-54-38(46)32-24(3)42-26(5)34(36(32)28-18-12-14-20-30(28)44(50)51)40(48)56-22-16-10-9-11-17-23-57-41(49)35-27(6)43-25(4)33(39(47)55-8-2)37(35)29-19-13-15-21-31(29)45(52)53/h12-15,18-21,36-37,42-43H,7-11,16-17,22-23H2,1-6H3. The summed E-state index contributed by atoms with van der Waals surface area (Å²) in [6.07, 6.45) is 3.04. The molecule has 0 radical (unpaired) electrons. The Morgan fingerprint density at radius 1 is 0.526 bits per heavy atom. The molecule has 16 heteroatoms. The summed E-state index contributed by atoms with van der Waals surface area (Å²) in [5.74, 6) is -5.04. The van der Waals surface area contributed by atoms with Crippen LogP contribution in [0.5, 0.6) is 0 Å². The van der Waals surface area contributed by atoms with Gasteiger partial charge in [-0.05, 0) is 54.4 Å². The lowest BCUT2D eigenvalue weighted by atomic mass is 9.79. The second-order valence-electron chi connectivity index (χ2n) is 13.4. The largest absolute Gasteiger partial charge is 0.463 e. The van der Waals surface area contributed by atoms with E-state index < -0.39 is 45.6 Å². The van der Waals surface area contributed by atoms with E-state index in [0.29, 0.717) is 54.9 Å². The SMILES string of the molecule is CCOC(=O)C1=C(C)NC(C)=C(C(=O)OCCCCCCCOC(=O)C2=C(C)NC(C)=C(C(=O)OCC)C2c2ccccc2[N+](=O)[O-])C1c1ccccc1[N+](=O)[O-]. The number of ether oxygens (including phenoxy) is 4. The predicted molar refractivity (Wildman–Crippen MR) is 207 cm³/mol. The van der Waals surface area contributed by atoms with Gasteiger partial charge < -0.3 is 29.6 Å². The van der Waals surface area contributed by atoms with E-state index in [2.05, 4.69) is 10.6 Å². The van der Waals surface area contributed by atoms with Crippen LogP contribution in [0.2, 0.25) is 0 Å². The lowest BCUT2D eigenvalue weighted by Gasteiger charge is -2.30. The lowest BCUT2D eigenvalue weighted by Crippen LogP contribution is -2.33. The first-order valence-corrected chi connectivity index (χ1v) is 18.8. The van der Waals surface area contributed by atoms with Crippen molar-refractivity contribution < 1.29 is 48.0 Å². The second kappa shape index (κ2) is 20.0. The number of dihydropyridines is 2. The van der Waals surface area contributed by atoms with Gasteiger partial charge in [0.1, 0.15) is 0 Å². The number of para-hydroxylation sites is 2. The molecule has 0 spiro atoms. The summed E-state index contributed by atoms with van der Waals surface area (Å²) >= 11 is 0. The van der Waals surface area contributed by atoms with Gasteiger partial charge in [-0.2, -0.15) is 0 Å². The topological polar surface area (TPSA) is 216 Å². The summed E-state index contributed by atoms with van der Waals surface area (Å²) in [4.78, 5) is 76.3. The van der Waals surface area contributed by atoms with Crippen LogP contribution in [0, 0.1) is 20.2 Å². The monoisotopic (exact) mass is 788 g/mol. The quantitative estimate of drug-likeness (QED) is 0.0520. The molecule has 2 aliphatic rings. The van der Waals surface area contributed by atoms with Gasteiger partial charge in [-0.15, -0.1) is 0 Å². The average molecular weight is 789 g/mol. The van der Waals surface area contributed by atoms with Crippen LogP contribution in [0.25, 0.3) is 0 Å². The van der Waals surface area contributed by atoms with Gasteiger partial charge in [0.25, 0.3) is 11.4 Å². The van der Waals surface area contributed by atoms with E-state index in [1.54, 1.807) is 53.7 Å². The zero-order chi connectivity index (χ0) is 41.8. The van der Waals surface area contributed by atoms with Crippen molar-refractivity contribution in [2.45, 2.75) is 85.5 Å². The number of hydrogen-bond acceptors (Lipinski definition) is 14. The van der Waals surface area contributed by atoms with Crippen molar-refractivity contribution in [1.82, 2.24) is 10.6 Å². The Hall–Kier alpha value is -6.32. The van der Waals surface area contributed by atoms with Crippen LogP contribution in [0.3, 0.4) is 0 Å². The zero-order valence-electron chi connectivity index (χ0n) is 32.9. The fourth-order valence-corrected chi connectivity index (χ4v) is 7.13. The van der Waals surface area contributed by atoms with Crippen LogP contribution < -0.4 is 10.6 Å². The van der Waals surface area contributed by atoms with Crippen LogP contribution in [0.4, 0.5) is 11.4 Å². The Kier molecular flexibility index (Phi) is 15.2. The van der Waals surface area contributed by atoms with Crippen LogP contribution >= 0.6 is 0 Å². The van der Waals surface area contributed by atoms with E-state index in [0.717, 1.165) is 0 Å². The Bertz CT molecular complexity index is 1900. The number of unbranched alkanes of at least 4 members (excludes halogenated alkanes) is 4. The van der Waals surface area contributed by atoms with Gasteiger partial charge in [-0.3, -0.25) is 20.2 Å². The van der Waals surface area contributed by atoms with Crippen molar-refractivity contribution in [2.75, 3.05) is 26.4 Å². The third-order valence-electron chi connectivity index (χ3n) is 9.60.